The van der Waals surface area contributed by atoms with Gasteiger partial charge in [-0.3, -0.25) is 0 Å². The van der Waals surface area contributed by atoms with Crippen LogP contribution >= 0.6 is 0 Å². The lowest BCUT2D eigenvalue weighted by molar-refractivity contribution is -0.00277. The highest BCUT2D eigenvalue weighted by Crippen LogP contribution is 2.60. The van der Waals surface area contributed by atoms with E-state index in [2.05, 4.69) is 158 Å². The summed E-state index contributed by atoms with van der Waals surface area (Å²) in [5.74, 6) is 5.25. The lowest BCUT2D eigenvalue weighted by Crippen LogP contribution is -2.43. The number of nitrogens with zero attached hydrogens (tertiary/aromatic N) is 1. The van der Waals surface area contributed by atoms with Crippen molar-refractivity contribution in [2.45, 2.75) is 95.3 Å². The van der Waals surface area contributed by atoms with Gasteiger partial charge in [0.1, 0.15) is 0 Å². The van der Waals surface area contributed by atoms with Crippen molar-refractivity contribution in [3.05, 3.63) is 162 Å². The Morgan fingerprint density at radius 1 is 0.464 bits per heavy atom. The molecule has 56 heavy (non-hydrogen) atoms. The molecule has 0 heterocycles. The van der Waals surface area contributed by atoms with Gasteiger partial charge in [-0.15, -0.1) is 0 Å². The molecule has 0 unspecified atom stereocenters. The van der Waals surface area contributed by atoms with Gasteiger partial charge in [-0.25, -0.2) is 0 Å². The van der Waals surface area contributed by atoms with Crippen LogP contribution in [0.2, 0.25) is 0 Å². The molecular weight excluding hydrogens is 675 g/mol. The van der Waals surface area contributed by atoms with Gasteiger partial charge >= 0.3 is 0 Å². The molecule has 280 valence electrons. The third-order valence-corrected chi connectivity index (χ3v) is 15.2. The Kier molecular flexibility index (Phi) is 8.38. The Morgan fingerprint density at radius 3 is 1.68 bits per heavy atom. The first-order chi connectivity index (χ1) is 27.5. The van der Waals surface area contributed by atoms with E-state index in [1.54, 1.807) is 5.56 Å². The fourth-order valence-electron chi connectivity index (χ4n) is 12.9. The van der Waals surface area contributed by atoms with Crippen molar-refractivity contribution in [3.63, 3.8) is 0 Å². The molecule has 6 aliphatic carbocycles. The molecule has 1 nitrogen and oxygen atoms in total. The molecule has 4 bridgehead atoms. The van der Waals surface area contributed by atoms with E-state index in [0.717, 1.165) is 29.6 Å². The van der Waals surface area contributed by atoms with Gasteiger partial charge in [-0.1, -0.05) is 136 Å². The monoisotopic (exact) mass is 729 g/mol. The molecule has 12 rings (SSSR count). The minimum Gasteiger partial charge on any atom is -0.310 e. The summed E-state index contributed by atoms with van der Waals surface area (Å²) in [6.07, 6.45) is 14.1. The molecule has 0 spiro atoms. The number of fused-ring (bicyclic) bond motifs is 3. The second-order valence-electron chi connectivity index (χ2n) is 18.8. The maximum absolute atomic E-state index is 2.54. The van der Waals surface area contributed by atoms with Crippen LogP contribution in [0.3, 0.4) is 0 Å². The minimum atomic E-state index is -0.180. The van der Waals surface area contributed by atoms with E-state index < -0.39 is 0 Å². The molecule has 6 aromatic carbocycles. The van der Waals surface area contributed by atoms with E-state index in [1.165, 1.54) is 131 Å². The summed E-state index contributed by atoms with van der Waals surface area (Å²) in [6, 6.07) is 53.7. The van der Waals surface area contributed by atoms with Gasteiger partial charge in [0, 0.05) is 22.5 Å². The summed E-state index contributed by atoms with van der Waals surface area (Å²) < 4.78 is 0. The smallest absolute Gasteiger partial charge is 0.0465 e. The number of benzene rings is 6. The summed E-state index contributed by atoms with van der Waals surface area (Å²) in [5.41, 5.74) is 17.4. The van der Waals surface area contributed by atoms with Crippen LogP contribution in [0.1, 0.15) is 112 Å². The summed E-state index contributed by atoms with van der Waals surface area (Å²) in [7, 11) is 0. The lowest BCUT2D eigenvalue weighted by Gasteiger charge is -2.54. The number of anilines is 3. The quantitative estimate of drug-likeness (QED) is 0.158. The van der Waals surface area contributed by atoms with Crippen molar-refractivity contribution in [3.8, 4) is 33.4 Å². The van der Waals surface area contributed by atoms with Crippen LogP contribution < -0.4 is 4.90 Å². The Labute approximate surface area is 334 Å². The van der Waals surface area contributed by atoms with Crippen molar-refractivity contribution in [2.24, 2.45) is 23.7 Å². The van der Waals surface area contributed by atoms with E-state index in [4.69, 9.17) is 0 Å². The highest BCUT2D eigenvalue weighted by Gasteiger charge is 2.48. The molecule has 5 saturated carbocycles. The van der Waals surface area contributed by atoms with Crippen LogP contribution in [-0.4, -0.2) is 0 Å². The van der Waals surface area contributed by atoms with Gasteiger partial charge in [0.2, 0.25) is 0 Å². The second kappa shape index (κ2) is 13.7. The van der Waals surface area contributed by atoms with Crippen molar-refractivity contribution < 1.29 is 0 Å². The van der Waals surface area contributed by atoms with E-state index in [1.807, 2.05) is 0 Å². The number of hydrogen-bond donors (Lipinski definition) is 0. The van der Waals surface area contributed by atoms with Crippen LogP contribution in [-0.2, 0) is 5.41 Å². The zero-order valence-electron chi connectivity index (χ0n) is 33.3. The fraction of sp³-hybridized carbons (Fsp3) is 0.345. The van der Waals surface area contributed by atoms with Crippen molar-refractivity contribution >= 4 is 17.1 Å². The van der Waals surface area contributed by atoms with Crippen molar-refractivity contribution in [1.82, 2.24) is 0 Å². The van der Waals surface area contributed by atoms with Crippen LogP contribution in [0.15, 0.2) is 140 Å². The highest BCUT2D eigenvalue weighted by molar-refractivity contribution is 5.94. The average Bonchev–Trinajstić information content (AvgIpc) is 3.47. The Morgan fingerprint density at radius 2 is 1.02 bits per heavy atom. The number of rotatable bonds is 7. The first-order valence-electron chi connectivity index (χ1n) is 21.9. The molecule has 0 atom stereocenters. The third kappa shape index (κ3) is 5.71. The van der Waals surface area contributed by atoms with Gasteiger partial charge < -0.3 is 4.90 Å². The van der Waals surface area contributed by atoms with E-state index in [0.29, 0.717) is 5.92 Å². The molecule has 0 aliphatic heterocycles. The molecule has 0 aromatic heterocycles. The van der Waals surface area contributed by atoms with Crippen molar-refractivity contribution in [1.29, 1.82) is 0 Å². The van der Waals surface area contributed by atoms with Crippen LogP contribution in [0.25, 0.3) is 33.4 Å². The fourth-order valence-corrected chi connectivity index (χ4v) is 12.9. The predicted octanol–water partition coefficient (Wildman–Crippen LogP) is 15.4. The lowest BCUT2D eigenvalue weighted by atomic mass is 9.51. The second-order valence-corrected chi connectivity index (χ2v) is 18.8. The normalized spacial score (nSPS) is 24.5. The molecule has 0 amide bonds. The predicted molar refractivity (Wildman–Crippen MR) is 235 cm³/mol. The van der Waals surface area contributed by atoms with Gasteiger partial charge in [0.05, 0.1) is 0 Å². The van der Waals surface area contributed by atoms with E-state index in [9.17, 15) is 0 Å². The SMILES string of the molecule is CC1(C)c2cc(N(c3ccc(C4CCCCC4)cc3)c3ccc(C4C5CC6CC(C5)CC4C6)cc3)ccc2-c2cccc(-c3ccccc3-c3ccccc3)c21. The third-order valence-electron chi connectivity index (χ3n) is 15.2. The standard InChI is InChI=1S/C55H55N/c1-55(2)52-35-46(28-29-49(52)51-19-11-18-50(54(51)55)48-17-10-9-16-47(48)40-14-7-4-8-15-40)56(44-24-20-39(21-25-44)38-12-5-3-6-13-38)45-26-22-41(23-27-45)53-42-31-36-30-37(33-42)34-43(53)32-36/h4,7-11,14-29,35-38,42-43,53H,3,5-6,12-13,30-34H2,1-2H3. The largest absolute Gasteiger partial charge is 0.310 e. The minimum absolute atomic E-state index is 0.180. The molecule has 5 fully saturated rings. The Bertz CT molecular complexity index is 2350. The van der Waals surface area contributed by atoms with Crippen LogP contribution in [0.5, 0.6) is 0 Å². The average molecular weight is 730 g/mol. The van der Waals surface area contributed by atoms with Crippen molar-refractivity contribution in [2.75, 3.05) is 4.90 Å². The summed E-state index contributed by atoms with van der Waals surface area (Å²) >= 11 is 0. The molecular formula is C55H55N. The van der Waals surface area contributed by atoms with Crippen LogP contribution in [0.4, 0.5) is 17.1 Å². The highest BCUT2D eigenvalue weighted by atomic mass is 15.1. The maximum Gasteiger partial charge on any atom is 0.0465 e. The first kappa shape index (κ1) is 34.4. The zero-order chi connectivity index (χ0) is 37.4. The maximum atomic E-state index is 2.54. The molecule has 1 heteroatoms. The topological polar surface area (TPSA) is 3.24 Å². The van der Waals surface area contributed by atoms with Gasteiger partial charge in [-0.2, -0.15) is 0 Å². The van der Waals surface area contributed by atoms with Gasteiger partial charge in [0.15, 0.2) is 0 Å². The summed E-state index contributed by atoms with van der Waals surface area (Å²) in [4.78, 5) is 2.54. The molecule has 6 aliphatic rings. The van der Waals surface area contributed by atoms with Crippen LogP contribution in [0, 0.1) is 23.7 Å². The Balaban J connectivity index is 0.989. The van der Waals surface area contributed by atoms with Gasteiger partial charge in [-0.05, 0) is 172 Å². The summed E-state index contributed by atoms with van der Waals surface area (Å²) in [5, 5.41) is 0. The zero-order valence-corrected chi connectivity index (χ0v) is 33.3. The molecule has 6 aromatic rings. The molecule has 0 radical (unpaired) electrons. The van der Waals surface area contributed by atoms with E-state index >= 15 is 0 Å². The molecule has 0 N–H and O–H groups in total. The Hall–Kier alpha value is -4.88. The molecule has 0 saturated heterocycles. The number of hydrogen-bond acceptors (Lipinski definition) is 1. The first-order valence-corrected chi connectivity index (χ1v) is 21.9. The summed E-state index contributed by atoms with van der Waals surface area (Å²) in [6.45, 7) is 4.89. The van der Waals surface area contributed by atoms with Gasteiger partial charge in [0.25, 0.3) is 0 Å². The van der Waals surface area contributed by atoms with E-state index in [-0.39, 0.29) is 5.41 Å².